The Hall–Kier alpha value is -0.750. The Kier molecular flexibility index (Phi) is 4.35. The van der Waals surface area contributed by atoms with E-state index < -0.39 is 17.9 Å². The first kappa shape index (κ1) is 15.6. The zero-order valence-corrected chi connectivity index (χ0v) is 12.2. The number of aryl methyl sites for hydroxylation is 1. The van der Waals surface area contributed by atoms with E-state index in [-0.39, 0.29) is 12.1 Å². The molecule has 2 rings (SSSR count). The van der Waals surface area contributed by atoms with Crippen LogP contribution in [0.3, 0.4) is 0 Å². The van der Waals surface area contributed by atoms with Crippen LogP contribution in [0.4, 0.5) is 17.6 Å². The molecule has 20 heavy (non-hydrogen) atoms. The van der Waals surface area contributed by atoms with Gasteiger partial charge in [-0.25, -0.2) is 4.39 Å². The van der Waals surface area contributed by atoms with Gasteiger partial charge in [0.25, 0.3) is 0 Å². The number of alkyl halides is 4. The largest absolute Gasteiger partial charge is 0.428 e. The fourth-order valence-corrected chi connectivity index (χ4v) is 3.61. The highest BCUT2D eigenvalue weighted by atomic mass is 32.2. The Balaban J connectivity index is 2.46. The van der Waals surface area contributed by atoms with E-state index in [0.29, 0.717) is 0 Å². The highest BCUT2D eigenvalue weighted by molar-refractivity contribution is 7.99. The first-order valence-electron chi connectivity index (χ1n) is 6.56. The van der Waals surface area contributed by atoms with Gasteiger partial charge >= 0.3 is 6.18 Å². The van der Waals surface area contributed by atoms with Crippen LogP contribution in [0.5, 0.6) is 0 Å². The third kappa shape index (κ3) is 2.55. The molecular formula is C14H17F4NS. The molecule has 0 spiro atoms. The van der Waals surface area contributed by atoms with E-state index >= 15 is 0 Å². The second kappa shape index (κ2) is 5.56. The molecule has 1 nitrogen and oxygen atoms in total. The van der Waals surface area contributed by atoms with E-state index in [4.69, 9.17) is 0 Å². The lowest BCUT2D eigenvalue weighted by molar-refractivity contribution is -0.244. The summed E-state index contributed by atoms with van der Waals surface area (Å²) in [6, 6.07) is 2.90. The minimum Gasteiger partial charge on any atom is -0.311 e. The number of nitrogens with one attached hydrogen (secondary N) is 1. The second-order valence-electron chi connectivity index (χ2n) is 4.91. The molecular weight excluding hydrogens is 290 g/mol. The highest BCUT2D eigenvalue weighted by Crippen LogP contribution is 2.47. The molecule has 0 amide bonds. The fraction of sp³-hybridized carbons (Fsp3) is 0.571. The van der Waals surface area contributed by atoms with Gasteiger partial charge < -0.3 is 5.32 Å². The van der Waals surface area contributed by atoms with E-state index in [1.165, 1.54) is 30.8 Å². The van der Waals surface area contributed by atoms with Gasteiger partial charge in [0.15, 0.2) is 0 Å². The van der Waals surface area contributed by atoms with Crippen LogP contribution in [0.15, 0.2) is 23.1 Å². The molecule has 0 radical (unpaired) electrons. The van der Waals surface area contributed by atoms with Crippen LogP contribution in [0.1, 0.15) is 25.0 Å². The number of thioether (sulfide) groups is 1. The van der Waals surface area contributed by atoms with Gasteiger partial charge in [0.05, 0.1) is 6.04 Å². The molecule has 1 aliphatic rings. The van der Waals surface area contributed by atoms with Gasteiger partial charge in [-0.1, -0.05) is 19.1 Å². The van der Waals surface area contributed by atoms with Crippen molar-refractivity contribution < 1.29 is 17.6 Å². The molecule has 0 saturated heterocycles. The Labute approximate surface area is 120 Å². The topological polar surface area (TPSA) is 12.0 Å². The summed E-state index contributed by atoms with van der Waals surface area (Å²) in [5.41, 5.74) is -2.69. The smallest absolute Gasteiger partial charge is 0.311 e. The van der Waals surface area contributed by atoms with Crippen LogP contribution in [-0.4, -0.2) is 24.5 Å². The number of halogens is 4. The molecule has 0 aliphatic carbocycles. The maximum absolute atomic E-state index is 14.9. The molecule has 0 saturated carbocycles. The van der Waals surface area contributed by atoms with Gasteiger partial charge in [-0.2, -0.15) is 13.2 Å². The van der Waals surface area contributed by atoms with E-state index in [2.05, 4.69) is 5.32 Å². The van der Waals surface area contributed by atoms with Gasteiger partial charge in [-0.05, 0) is 31.5 Å². The van der Waals surface area contributed by atoms with Crippen molar-refractivity contribution in [2.45, 2.75) is 43.1 Å². The molecule has 1 aliphatic heterocycles. The maximum atomic E-state index is 14.9. The minimum absolute atomic E-state index is 0.280. The van der Waals surface area contributed by atoms with Crippen LogP contribution in [0, 0.1) is 0 Å². The number of likely N-dealkylation sites (N-methyl/N-ethyl adjacent to an activating group) is 1. The highest BCUT2D eigenvalue weighted by Gasteiger charge is 2.60. The molecule has 0 bridgehead atoms. The standard InChI is InChI=1S/C14H17F4NS/c1-3-19-9(2)13(15,14(16,17)18)11-5-4-10-6-7-20-12(10)8-11/h4-5,8-9,19H,3,6-7H2,1-2H3. The van der Waals surface area contributed by atoms with Crippen molar-refractivity contribution in [3.05, 3.63) is 29.3 Å². The number of hydrogen-bond acceptors (Lipinski definition) is 2. The molecule has 2 atom stereocenters. The Morgan fingerprint density at radius 2 is 2.00 bits per heavy atom. The lowest BCUT2D eigenvalue weighted by Gasteiger charge is -2.34. The van der Waals surface area contributed by atoms with Crippen molar-refractivity contribution in [2.24, 2.45) is 0 Å². The molecule has 0 fully saturated rings. The van der Waals surface area contributed by atoms with Crippen molar-refractivity contribution in [3.8, 4) is 0 Å². The molecule has 1 aromatic carbocycles. The van der Waals surface area contributed by atoms with Gasteiger partial charge in [0.1, 0.15) is 0 Å². The van der Waals surface area contributed by atoms with Crippen molar-refractivity contribution in [1.29, 1.82) is 0 Å². The predicted octanol–water partition coefficient (Wildman–Crippen LogP) is 4.06. The summed E-state index contributed by atoms with van der Waals surface area (Å²) in [7, 11) is 0. The summed E-state index contributed by atoms with van der Waals surface area (Å²) in [4.78, 5) is 0.762. The molecule has 0 aromatic heterocycles. The van der Waals surface area contributed by atoms with Crippen LogP contribution in [-0.2, 0) is 12.1 Å². The SMILES string of the molecule is CCNC(C)C(F)(c1ccc2c(c1)SCC2)C(F)(F)F. The normalized spacial score (nSPS) is 19.5. The number of fused-ring (bicyclic) bond motifs is 1. The van der Waals surface area contributed by atoms with E-state index in [9.17, 15) is 17.6 Å². The van der Waals surface area contributed by atoms with Crippen LogP contribution < -0.4 is 5.32 Å². The number of rotatable bonds is 4. The van der Waals surface area contributed by atoms with Crippen molar-refractivity contribution in [2.75, 3.05) is 12.3 Å². The van der Waals surface area contributed by atoms with Crippen molar-refractivity contribution >= 4 is 11.8 Å². The van der Waals surface area contributed by atoms with E-state index in [1.807, 2.05) is 0 Å². The minimum atomic E-state index is -4.95. The first-order chi connectivity index (χ1) is 9.30. The quantitative estimate of drug-likeness (QED) is 0.842. The average Bonchev–Trinajstić information content (AvgIpc) is 2.83. The third-order valence-corrected chi connectivity index (χ3v) is 4.74. The number of benzene rings is 1. The summed E-state index contributed by atoms with van der Waals surface area (Å²) in [6.07, 6.45) is -4.12. The monoisotopic (exact) mass is 307 g/mol. The number of hydrogen-bond donors (Lipinski definition) is 1. The summed E-state index contributed by atoms with van der Waals surface area (Å²) in [5, 5.41) is 2.56. The van der Waals surface area contributed by atoms with Gasteiger partial charge in [-0.15, -0.1) is 11.8 Å². The molecule has 1 N–H and O–H groups in total. The third-order valence-electron chi connectivity index (χ3n) is 3.64. The first-order valence-corrected chi connectivity index (χ1v) is 7.54. The van der Waals surface area contributed by atoms with Gasteiger partial charge in [0.2, 0.25) is 5.67 Å². The fourth-order valence-electron chi connectivity index (χ4n) is 2.50. The maximum Gasteiger partial charge on any atom is 0.428 e. The van der Waals surface area contributed by atoms with Gasteiger partial charge in [-0.3, -0.25) is 0 Å². The van der Waals surface area contributed by atoms with Crippen LogP contribution in [0.2, 0.25) is 0 Å². The molecule has 112 valence electrons. The second-order valence-corrected chi connectivity index (χ2v) is 6.05. The van der Waals surface area contributed by atoms with Crippen molar-refractivity contribution in [3.63, 3.8) is 0 Å². The summed E-state index contributed by atoms with van der Waals surface area (Å²) in [6.45, 7) is 3.17. The summed E-state index contributed by atoms with van der Waals surface area (Å²) < 4.78 is 54.8. The zero-order chi connectivity index (χ0) is 15.0. The molecule has 1 heterocycles. The molecule has 2 unspecified atom stereocenters. The Morgan fingerprint density at radius 3 is 2.60 bits per heavy atom. The average molecular weight is 307 g/mol. The lowest BCUT2D eigenvalue weighted by Crippen LogP contribution is -2.53. The zero-order valence-electron chi connectivity index (χ0n) is 11.4. The van der Waals surface area contributed by atoms with Crippen molar-refractivity contribution in [1.82, 2.24) is 5.32 Å². The van der Waals surface area contributed by atoms with E-state index in [1.54, 1.807) is 13.0 Å². The van der Waals surface area contributed by atoms with E-state index in [0.717, 1.165) is 22.6 Å². The summed E-state index contributed by atoms with van der Waals surface area (Å²) >= 11 is 1.48. The van der Waals surface area contributed by atoms with Crippen LogP contribution >= 0.6 is 11.8 Å². The predicted molar refractivity (Wildman–Crippen MR) is 72.8 cm³/mol. The summed E-state index contributed by atoms with van der Waals surface area (Å²) in [5.74, 6) is 0.840. The van der Waals surface area contributed by atoms with Crippen LogP contribution in [0.25, 0.3) is 0 Å². The molecule has 1 aromatic rings. The lowest BCUT2D eigenvalue weighted by atomic mass is 9.87. The molecule has 6 heteroatoms. The van der Waals surface area contributed by atoms with Gasteiger partial charge in [0, 0.05) is 16.2 Å². The Bertz CT molecular complexity index is 489. The Morgan fingerprint density at radius 1 is 1.30 bits per heavy atom.